The molecular weight excluding hydrogens is 328 g/mol. The van der Waals surface area contributed by atoms with E-state index in [1.165, 1.54) is 0 Å². The first kappa shape index (κ1) is 23.5. The largest absolute Gasteiger partial charge is 0.465 e. The molecule has 2 amide bonds. The molecule has 0 rings (SSSR count). The summed E-state index contributed by atoms with van der Waals surface area (Å²) in [5, 5.41) is 44.9. The van der Waals surface area contributed by atoms with E-state index in [1.54, 1.807) is 55.4 Å². The van der Waals surface area contributed by atoms with Crippen molar-refractivity contribution in [3.63, 3.8) is 0 Å². The Hall–Kier alpha value is -1.54. The third-order valence-corrected chi connectivity index (χ3v) is 4.81. The minimum absolute atomic E-state index is 0.316. The van der Waals surface area contributed by atoms with Crippen LogP contribution in [0.2, 0.25) is 0 Å². The van der Waals surface area contributed by atoms with Gasteiger partial charge in [-0.3, -0.25) is 0 Å². The van der Waals surface area contributed by atoms with Crippen LogP contribution >= 0.6 is 0 Å². The molecule has 25 heavy (non-hydrogen) atoms. The summed E-state index contributed by atoms with van der Waals surface area (Å²) in [4.78, 5) is 22.6. The van der Waals surface area contributed by atoms with Gasteiger partial charge in [0.15, 0.2) is 0 Å². The third kappa shape index (κ3) is 4.98. The van der Waals surface area contributed by atoms with Crippen LogP contribution in [0, 0.1) is 16.7 Å². The molecule has 0 heterocycles. The lowest BCUT2D eigenvalue weighted by molar-refractivity contribution is -0.134. The molecule has 8 nitrogen and oxygen atoms in total. The van der Waals surface area contributed by atoms with Gasteiger partial charge in [-0.15, -0.1) is 0 Å². The summed E-state index contributed by atoms with van der Waals surface area (Å²) in [5.41, 5.74) is -3.01. The Morgan fingerprint density at radius 2 is 1.24 bits per heavy atom. The normalized spacial score (nSPS) is 16.9. The molecule has 0 fully saturated rings. The standard InChI is InChI=1S/C17H34N2O6/c1-9(2)10(18-13(22)23)11(20)12(21)17(15(3,4)5,16(6,7)8)19-14(24)25/h9-12,18-21H,1-8H3,(H,22,23)(H,24,25). The topological polar surface area (TPSA) is 139 Å². The maximum atomic E-state index is 11.5. The van der Waals surface area contributed by atoms with Gasteiger partial charge >= 0.3 is 12.2 Å². The molecular formula is C17H34N2O6. The van der Waals surface area contributed by atoms with Crippen molar-refractivity contribution in [3.8, 4) is 0 Å². The second kappa shape index (κ2) is 7.78. The van der Waals surface area contributed by atoms with E-state index >= 15 is 0 Å². The van der Waals surface area contributed by atoms with Gasteiger partial charge in [-0.25, -0.2) is 9.59 Å². The molecule has 0 radical (unpaired) electrons. The first-order valence-electron chi connectivity index (χ1n) is 8.35. The van der Waals surface area contributed by atoms with E-state index in [9.17, 15) is 24.9 Å². The van der Waals surface area contributed by atoms with Crippen molar-refractivity contribution in [1.82, 2.24) is 10.6 Å². The van der Waals surface area contributed by atoms with Gasteiger partial charge in [0.1, 0.15) is 12.2 Å². The van der Waals surface area contributed by atoms with Crippen molar-refractivity contribution in [3.05, 3.63) is 0 Å². The van der Waals surface area contributed by atoms with E-state index in [0.29, 0.717) is 0 Å². The quantitative estimate of drug-likeness (QED) is 0.428. The second-order valence-corrected chi connectivity index (χ2v) is 8.89. The van der Waals surface area contributed by atoms with Gasteiger partial charge in [0.2, 0.25) is 0 Å². The predicted molar refractivity (Wildman–Crippen MR) is 94.6 cm³/mol. The highest BCUT2D eigenvalue weighted by Gasteiger charge is 2.59. The molecule has 0 aliphatic rings. The number of nitrogens with one attached hydrogen (secondary N) is 2. The fourth-order valence-electron chi connectivity index (χ4n) is 3.87. The number of hydrogen-bond donors (Lipinski definition) is 6. The summed E-state index contributed by atoms with van der Waals surface area (Å²) in [5.74, 6) is -0.316. The lowest BCUT2D eigenvalue weighted by atomic mass is 9.56. The zero-order valence-corrected chi connectivity index (χ0v) is 16.4. The minimum Gasteiger partial charge on any atom is -0.465 e. The number of carboxylic acid groups (broad SMARTS) is 2. The Morgan fingerprint density at radius 3 is 1.48 bits per heavy atom. The van der Waals surface area contributed by atoms with E-state index in [2.05, 4.69) is 10.6 Å². The number of hydrogen-bond acceptors (Lipinski definition) is 4. The van der Waals surface area contributed by atoms with E-state index < -0.39 is 46.8 Å². The van der Waals surface area contributed by atoms with E-state index in [0.717, 1.165) is 0 Å². The first-order valence-corrected chi connectivity index (χ1v) is 8.35. The van der Waals surface area contributed by atoms with Crippen LogP contribution < -0.4 is 10.6 Å². The van der Waals surface area contributed by atoms with Gasteiger partial charge in [0.25, 0.3) is 0 Å². The van der Waals surface area contributed by atoms with Gasteiger partial charge in [0, 0.05) is 0 Å². The van der Waals surface area contributed by atoms with Crippen molar-refractivity contribution in [2.24, 2.45) is 16.7 Å². The summed E-state index contributed by atoms with van der Waals surface area (Å²) in [7, 11) is 0. The zero-order chi connectivity index (χ0) is 20.4. The molecule has 0 saturated heterocycles. The summed E-state index contributed by atoms with van der Waals surface area (Å²) >= 11 is 0. The van der Waals surface area contributed by atoms with Gasteiger partial charge in [0.05, 0.1) is 11.6 Å². The lowest BCUT2D eigenvalue weighted by Gasteiger charge is -2.57. The highest BCUT2D eigenvalue weighted by atomic mass is 16.4. The van der Waals surface area contributed by atoms with Crippen molar-refractivity contribution in [1.29, 1.82) is 0 Å². The minimum atomic E-state index is -1.55. The van der Waals surface area contributed by atoms with Gasteiger partial charge in [-0.1, -0.05) is 55.4 Å². The second-order valence-electron chi connectivity index (χ2n) is 8.89. The molecule has 8 heteroatoms. The molecule has 6 N–H and O–H groups in total. The average molecular weight is 362 g/mol. The van der Waals surface area contributed by atoms with E-state index in [1.807, 2.05) is 0 Å². The molecule has 0 bridgehead atoms. The Labute approximate surface area is 149 Å². The molecule has 0 aliphatic heterocycles. The van der Waals surface area contributed by atoms with Crippen LogP contribution in [0.3, 0.4) is 0 Å². The lowest BCUT2D eigenvalue weighted by Crippen LogP contribution is -2.74. The zero-order valence-electron chi connectivity index (χ0n) is 16.4. The molecule has 0 aromatic rings. The predicted octanol–water partition coefficient (Wildman–Crippen LogP) is 2.10. The van der Waals surface area contributed by atoms with Crippen LogP contribution in [0.5, 0.6) is 0 Å². The third-order valence-electron chi connectivity index (χ3n) is 4.81. The highest BCUT2D eigenvalue weighted by molar-refractivity contribution is 5.66. The molecule has 148 valence electrons. The Morgan fingerprint density at radius 1 is 0.840 bits per heavy atom. The number of aliphatic hydroxyl groups excluding tert-OH is 2. The number of carbonyl (C=O) groups is 2. The van der Waals surface area contributed by atoms with Gasteiger partial charge in [-0.05, 0) is 16.7 Å². The highest BCUT2D eigenvalue weighted by Crippen LogP contribution is 2.47. The summed E-state index contributed by atoms with van der Waals surface area (Å²) < 4.78 is 0. The molecule has 0 aromatic carbocycles. The van der Waals surface area contributed by atoms with Crippen LogP contribution in [-0.4, -0.2) is 56.4 Å². The van der Waals surface area contributed by atoms with Crippen molar-refractivity contribution in [2.45, 2.75) is 79.2 Å². The number of rotatable bonds is 6. The van der Waals surface area contributed by atoms with Crippen LogP contribution in [-0.2, 0) is 0 Å². The monoisotopic (exact) mass is 362 g/mol. The molecule has 3 unspecified atom stereocenters. The van der Waals surface area contributed by atoms with Gasteiger partial charge < -0.3 is 31.1 Å². The van der Waals surface area contributed by atoms with Crippen molar-refractivity contribution in [2.75, 3.05) is 0 Å². The molecule has 0 saturated carbocycles. The van der Waals surface area contributed by atoms with Crippen molar-refractivity contribution < 1.29 is 30.0 Å². The van der Waals surface area contributed by atoms with Crippen molar-refractivity contribution >= 4 is 12.2 Å². The first-order chi connectivity index (χ1) is 11.0. The SMILES string of the molecule is CC(C)C(NC(=O)O)C(O)C(O)C(NC(=O)O)(C(C)(C)C)C(C)(C)C. The maximum absolute atomic E-state index is 11.5. The Kier molecular flexibility index (Phi) is 7.30. The van der Waals surface area contributed by atoms with Crippen LogP contribution in [0.4, 0.5) is 9.59 Å². The van der Waals surface area contributed by atoms with Crippen LogP contribution in [0.25, 0.3) is 0 Å². The Bertz CT molecular complexity index is 465. The fraction of sp³-hybridized carbons (Fsp3) is 0.882. The smallest absolute Gasteiger partial charge is 0.405 e. The van der Waals surface area contributed by atoms with Crippen LogP contribution in [0.1, 0.15) is 55.4 Å². The summed E-state index contributed by atoms with van der Waals surface area (Å²) in [6, 6.07) is -0.966. The molecule has 0 aliphatic carbocycles. The number of amides is 2. The van der Waals surface area contributed by atoms with Gasteiger partial charge in [-0.2, -0.15) is 0 Å². The fourth-order valence-corrected chi connectivity index (χ4v) is 3.87. The summed E-state index contributed by atoms with van der Waals surface area (Å²) in [6.07, 6.45) is -5.72. The van der Waals surface area contributed by atoms with Crippen LogP contribution in [0.15, 0.2) is 0 Å². The molecule has 0 spiro atoms. The summed E-state index contributed by atoms with van der Waals surface area (Å²) in [6.45, 7) is 14.0. The average Bonchev–Trinajstić information content (AvgIpc) is 2.37. The number of aliphatic hydroxyl groups is 2. The van der Waals surface area contributed by atoms with E-state index in [-0.39, 0.29) is 5.92 Å². The van der Waals surface area contributed by atoms with E-state index in [4.69, 9.17) is 5.11 Å². The Balaban J connectivity index is 6.26. The molecule has 3 atom stereocenters. The molecule has 0 aromatic heterocycles. The maximum Gasteiger partial charge on any atom is 0.405 e.